The van der Waals surface area contributed by atoms with E-state index >= 15 is 0 Å². The van der Waals surface area contributed by atoms with E-state index in [0.717, 1.165) is 5.56 Å². The van der Waals surface area contributed by atoms with Crippen LogP contribution in [0.3, 0.4) is 0 Å². The van der Waals surface area contributed by atoms with Crippen LogP contribution in [0.25, 0.3) is 0 Å². The Morgan fingerprint density at radius 1 is 1.37 bits per heavy atom. The molecule has 0 N–H and O–H groups in total. The van der Waals surface area contributed by atoms with Gasteiger partial charge in [-0.2, -0.15) is 0 Å². The molecule has 0 aliphatic heterocycles. The van der Waals surface area contributed by atoms with Crippen molar-refractivity contribution in [2.24, 2.45) is 0 Å². The normalized spacial score (nSPS) is 10.2. The Hall–Kier alpha value is -2.21. The third-order valence-corrected chi connectivity index (χ3v) is 3.55. The quantitative estimate of drug-likeness (QED) is 0.478. The highest BCUT2D eigenvalue weighted by molar-refractivity contribution is 7.12. The average molecular weight is 277 g/mol. The van der Waals surface area contributed by atoms with Crippen LogP contribution in [0.5, 0.6) is 5.75 Å². The SMILES string of the molecule is COc1csc(C(=O)Cc2ccc([N+](=O)[O-])cc2)c1. The van der Waals surface area contributed by atoms with E-state index in [1.807, 2.05) is 0 Å². The minimum Gasteiger partial charge on any atom is -0.496 e. The number of Topliss-reactive ketones (excluding diaryl/α,β-unsaturated/α-hetero) is 1. The van der Waals surface area contributed by atoms with E-state index in [1.54, 1.807) is 30.7 Å². The Balaban J connectivity index is 2.08. The third-order valence-electron chi connectivity index (χ3n) is 2.60. The van der Waals surface area contributed by atoms with Crippen LogP contribution in [-0.4, -0.2) is 17.8 Å². The van der Waals surface area contributed by atoms with Gasteiger partial charge in [0.1, 0.15) is 5.75 Å². The minimum atomic E-state index is -0.463. The van der Waals surface area contributed by atoms with Crippen LogP contribution in [0.4, 0.5) is 5.69 Å². The minimum absolute atomic E-state index is 0.0222. The zero-order valence-corrected chi connectivity index (χ0v) is 11.0. The number of nitrogens with zero attached hydrogens (tertiary/aromatic N) is 1. The largest absolute Gasteiger partial charge is 0.496 e. The molecule has 0 unspecified atom stereocenters. The number of thiophene rings is 1. The van der Waals surface area contributed by atoms with E-state index in [1.165, 1.54) is 23.5 Å². The van der Waals surface area contributed by atoms with Gasteiger partial charge >= 0.3 is 0 Å². The first-order valence-corrected chi connectivity index (χ1v) is 6.37. The molecule has 0 aliphatic carbocycles. The molecule has 1 heterocycles. The summed E-state index contributed by atoms with van der Waals surface area (Å²) in [5.74, 6) is 0.638. The second-order valence-electron chi connectivity index (χ2n) is 3.87. The Labute approximate surface area is 113 Å². The first-order chi connectivity index (χ1) is 9.10. The van der Waals surface area contributed by atoms with Crippen molar-refractivity contribution in [2.45, 2.75) is 6.42 Å². The number of ketones is 1. The lowest BCUT2D eigenvalue weighted by molar-refractivity contribution is -0.384. The summed E-state index contributed by atoms with van der Waals surface area (Å²) in [7, 11) is 1.55. The number of ether oxygens (including phenoxy) is 1. The van der Waals surface area contributed by atoms with Crippen LogP contribution in [0.2, 0.25) is 0 Å². The fourth-order valence-electron chi connectivity index (χ4n) is 1.58. The van der Waals surface area contributed by atoms with Crippen LogP contribution >= 0.6 is 11.3 Å². The van der Waals surface area contributed by atoms with Crippen molar-refractivity contribution in [2.75, 3.05) is 7.11 Å². The number of rotatable bonds is 5. The van der Waals surface area contributed by atoms with Crippen LogP contribution in [0.1, 0.15) is 15.2 Å². The number of nitro groups is 1. The summed E-state index contributed by atoms with van der Waals surface area (Å²) in [5, 5.41) is 12.3. The molecule has 5 nitrogen and oxygen atoms in total. The summed E-state index contributed by atoms with van der Waals surface area (Å²) < 4.78 is 5.02. The number of methoxy groups -OCH3 is 1. The average Bonchev–Trinajstić information content (AvgIpc) is 2.88. The van der Waals surface area contributed by atoms with E-state index in [0.29, 0.717) is 10.6 Å². The Morgan fingerprint density at radius 2 is 2.05 bits per heavy atom. The maximum absolute atomic E-state index is 12.0. The standard InChI is InChI=1S/C13H11NO4S/c1-18-11-7-13(19-8-11)12(15)6-9-2-4-10(5-3-9)14(16)17/h2-5,7-8H,6H2,1H3. The molecule has 19 heavy (non-hydrogen) atoms. The maximum Gasteiger partial charge on any atom is 0.269 e. The molecule has 0 fully saturated rings. The topological polar surface area (TPSA) is 69.4 Å². The van der Waals surface area contributed by atoms with Gasteiger partial charge in [-0.15, -0.1) is 11.3 Å². The third kappa shape index (κ3) is 3.17. The fraction of sp³-hybridized carbons (Fsp3) is 0.154. The van der Waals surface area contributed by atoms with Crippen molar-refractivity contribution in [3.8, 4) is 5.75 Å². The number of non-ortho nitro benzene ring substituents is 1. The molecule has 0 saturated carbocycles. The number of carbonyl (C=O) groups is 1. The summed E-state index contributed by atoms with van der Waals surface area (Å²) in [5.41, 5.74) is 0.775. The monoisotopic (exact) mass is 277 g/mol. The van der Waals surface area contributed by atoms with Crippen molar-refractivity contribution in [3.05, 3.63) is 56.3 Å². The summed E-state index contributed by atoms with van der Waals surface area (Å²) in [6.45, 7) is 0. The maximum atomic E-state index is 12.0. The smallest absolute Gasteiger partial charge is 0.269 e. The van der Waals surface area contributed by atoms with Gasteiger partial charge in [0.05, 0.1) is 16.9 Å². The van der Waals surface area contributed by atoms with Gasteiger partial charge in [0.25, 0.3) is 5.69 Å². The van der Waals surface area contributed by atoms with Crippen LogP contribution in [0.15, 0.2) is 35.7 Å². The molecule has 0 bridgehead atoms. The Bertz CT molecular complexity index is 603. The number of nitro benzene ring substituents is 1. The molecule has 0 saturated heterocycles. The van der Waals surface area contributed by atoms with E-state index in [2.05, 4.69) is 0 Å². The lowest BCUT2D eigenvalue weighted by atomic mass is 10.1. The second-order valence-corrected chi connectivity index (χ2v) is 4.79. The first-order valence-electron chi connectivity index (χ1n) is 5.49. The van der Waals surface area contributed by atoms with Crippen molar-refractivity contribution < 1.29 is 14.5 Å². The molecule has 0 spiro atoms. The molecule has 0 atom stereocenters. The molecule has 98 valence electrons. The molecule has 0 radical (unpaired) electrons. The fourth-order valence-corrected chi connectivity index (χ4v) is 2.38. The zero-order valence-electron chi connectivity index (χ0n) is 10.2. The Morgan fingerprint density at radius 3 is 2.58 bits per heavy atom. The zero-order chi connectivity index (χ0) is 13.8. The van der Waals surface area contributed by atoms with E-state index in [9.17, 15) is 14.9 Å². The van der Waals surface area contributed by atoms with Gasteiger partial charge in [0.2, 0.25) is 0 Å². The van der Waals surface area contributed by atoms with E-state index in [4.69, 9.17) is 4.74 Å². The molecule has 1 aromatic carbocycles. The van der Waals surface area contributed by atoms with Crippen molar-refractivity contribution >= 4 is 22.8 Å². The highest BCUT2D eigenvalue weighted by atomic mass is 32.1. The predicted octanol–water partition coefficient (Wildman–Crippen LogP) is 3.09. The van der Waals surface area contributed by atoms with Gasteiger partial charge in [-0.25, -0.2) is 0 Å². The molecule has 2 aromatic rings. The van der Waals surface area contributed by atoms with Crippen LogP contribution < -0.4 is 4.74 Å². The van der Waals surface area contributed by atoms with Crippen molar-refractivity contribution in [1.82, 2.24) is 0 Å². The molecule has 6 heteroatoms. The van der Waals surface area contributed by atoms with Crippen LogP contribution in [0, 0.1) is 10.1 Å². The van der Waals surface area contributed by atoms with Crippen molar-refractivity contribution in [1.29, 1.82) is 0 Å². The first kappa shape index (κ1) is 13.2. The summed E-state index contributed by atoms with van der Waals surface area (Å²) >= 11 is 1.33. The number of hydrogen-bond donors (Lipinski definition) is 0. The molecule has 2 rings (SSSR count). The summed E-state index contributed by atoms with van der Waals surface area (Å²) in [4.78, 5) is 22.7. The lowest BCUT2D eigenvalue weighted by Gasteiger charge is -1.99. The molecule has 0 amide bonds. The molecular weight excluding hydrogens is 266 g/mol. The second kappa shape index (κ2) is 5.62. The molecule has 1 aromatic heterocycles. The number of hydrogen-bond acceptors (Lipinski definition) is 5. The highest BCUT2D eigenvalue weighted by Crippen LogP contribution is 2.23. The number of carbonyl (C=O) groups excluding carboxylic acids is 1. The van der Waals surface area contributed by atoms with Crippen molar-refractivity contribution in [3.63, 3.8) is 0 Å². The predicted molar refractivity (Wildman–Crippen MR) is 72.0 cm³/mol. The lowest BCUT2D eigenvalue weighted by Crippen LogP contribution is -2.01. The van der Waals surface area contributed by atoms with Gasteiger partial charge < -0.3 is 4.74 Å². The molecule has 0 aliphatic rings. The van der Waals surface area contributed by atoms with Gasteiger partial charge in [-0.3, -0.25) is 14.9 Å². The Kier molecular flexibility index (Phi) is 3.91. The number of benzene rings is 1. The summed E-state index contributed by atoms with van der Waals surface area (Å²) in [6, 6.07) is 7.69. The highest BCUT2D eigenvalue weighted by Gasteiger charge is 2.11. The van der Waals surface area contributed by atoms with Gasteiger partial charge in [-0.1, -0.05) is 12.1 Å². The molecular formula is C13H11NO4S. The van der Waals surface area contributed by atoms with E-state index in [-0.39, 0.29) is 17.9 Å². The van der Waals surface area contributed by atoms with Crippen LogP contribution in [-0.2, 0) is 6.42 Å². The van der Waals surface area contributed by atoms with Gasteiger partial charge in [0, 0.05) is 30.0 Å². The summed E-state index contributed by atoms with van der Waals surface area (Å²) in [6.07, 6.45) is 0.224. The van der Waals surface area contributed by atoms with E-state index < -0.39 is 4.92 Å². The van der Waals surface area contributed by atoms with Gasteiger partial charge in [-0.05, 0) is 5.56 Å². The van der Waals surface area contributed by atoms with Gasteiger partial charge in [0.15, 0.2) is 5.78 Å².